The minimum atomic E-state index is -4.19. The van der Waals surface area contributed by atoms with Crippen LogP contribution in [-0.2, 0) is 155 Å². The average Bonchev–Trinajstić information content (AvgIpc) is 1.59. The summed E-state index contributed by atoms with van der Waals surface area (Å²) < 4.78 is 159. The second kappa shape index (κ2) is 72.9. The van der Waals surface area contributed by atoms with Gasteiger partial charge < -0.3 is 226 Å². The zero-order chi connectivity index (χ0) is 110. The van der Waals surface area contributed by atoms with Gasteiger partial charge in [0.05, 0.1) is 204 Å². The van der Waals surface area contributed by atoms with Crippen LogP contribution in [0.25, 0.3) is 0 Å². The molecule has 11 aliphatic heterocycles. The van der Waals surface area contributed by atoms with Crippen molar-refractivity contribution in [2.24, 2.45) is 0 Å². The van der Waals surface area contributed by atoms with Gasteiger partial charge in [0.2, 0.25) is 7.75 Å². The average molecular weight is 2210 g/mol. The molecule has 11 fully saturated rings. The first kappa shape index (κ1) is 142. The highest BCUT2D eigenvalue weighted by atomic mass is 32.5. The Kier molecular flexibility index (Phi) is 73.1. The number of hydroxylamine groups is 2. The summed E-state index contributed by atoms with van der Waals surface area (Å²) in [6.45, 7) is 14.9. The maximum Gasteiger partial charge on any atom is 0.373 e. The number of halogens is 2. The number of carbonyl (C=O) groups excluding carboxylic acids is 4. The van der Waals surface area contributed by atoms with Crippen LogP contribution in [0.4, 0.5) is 8.78 Å². The lowest BCUT2D eigenvalue weighted by molar-refractivity contribution is -0.212. The number of aliphatic hydroxyl groups excluding tert-OH is 22. The summed E-state index contributed by atoms with van der Waals surface area (Å²) in [6.07, 6.45) is -23.5. The monoisotopic (exact) mass is 2210 g/mol. The third-order valence-corrected chi connectivity index (χ3v) is 28.4. The maximum atomic E-state index is 12.7. The van der Waals surface area contributed by atoms with Crippen LogP contribution in [0.1, 0.15) is 76.2 Å². The van der Waals surface area contributed by atoms with Crippen molar-refractivity contribution in [3.05, 3.63) is 0 Å². The summed E-state index contributed by atoms with van der Waals surface area (Å²) in [5, 5.41) is 211. The molecule has 15 unspecified atom stereocenters. The molecular formula is C79H156F2N2O53P4S2-2. The zero-order valence-electron chi connectivity index (χ0n) is 82.6. The quantitative estimate of drug-likeness (QED) is 0.0220. The molecule has 142 heavy (non-hydrogen) atoms. The van der Waals surface area contributed by atoms with Crippen molar-refractivity contribution in [1.82, 2.24) is 10.2 Å². The molecule has 0 spiro atoms. The number of methoxy groups -OCH3 is 2. The Labute approximate surface area is 832 Å². The van der Waals surface area contributed by atoms with E-state index in [1.807, 2.05) is 27.7 Å². The van der Waals surface area contributed by atoms with Crippen molar-refractivity contribution in [2.45, 2.75) is 320 Å². The first-order valence-corrected chi connectivity index (χ1v) is 53.6. The largest absolute Gasteiger partial charge is 0.780 e. The van der Waals surface area contributed by atoms with Gasteiger partial charge in [-0.15, -0.1) is 0 Å². The molecule has 11 aliphatic rings. The standard InChI is InChI=1S/C9H18O5.C8H17O6P.C8H17O5PS.C7H16NO6P.C7H15O6PS.C7H12O4.C7H14O4.2C6H11FO3.C6H13NO3.C6H14O4.2CO2/c1-6-9(13-4-3-12-2)8(11)7(5-10)14-6;1-5-7(10)8(6(4-9)13-5)14-15(3,11)12-2;1-5-7(10)8(6(4-9)12-5)13-14(3,15)11-2;1-4-7(10)6(5(3-9)14-4)8-15(11,12)13-2;1-4-6(9)7(5(3-8)12-4)13-14(10,15)11-2;1-4-5-6(9)7(2-8,11-4)3-10-5;1-4-7(10-2)6(9)5(3-8)11-4;2*1-3-5(7)6(9)4(2-8)10-3;1-5-2-7(9)3-6(4-8)10-5;1-5(2-7)10-6(3-8)4-9;2*2-1-3/h6-11H,3-5H2,1-2H3;2*5-10H,4H2,1-3H3;4-7,9-10H,3H2,1-2H3,(H2,8,11,12);4-9H,3H2,1-2H3,(H,10,15);4-6,8-9H,2-3H2,1H3;4-9H,3H2,1-2H3;2*3-6,8-9H,2H2,1H3;5-6,8-9H,2-4H2,1H3;5-9H,2-4H2,1H3;;/p-2/t6-,7+,8?,9+;5-,6+,7+,8?,15?;5-,6+,7+,8?,14?;4-,5+,6?,7+;4-,5+,6+,7?,14?;4-,5+,6?,7-;4-,5+,6?,7+;2*3-,4+,5+,6?;;5-;;/m000000000.0../s1. The summed E-state index contributed by atoms with van der Waals surface area (Å²) in [6, 6.07) is -0.881. The van der Waals surface area contributed by atoms with Gasteiger partial charge in [-0.3, -0.25) is 13.7 Å². The number of hydrogen-bond donors (Lipinski definition) is 24. The molecule has 55 nitrogen and oxygen atoms in total. The number of morpholine rings is 1. The summed E-state index contributed by atoms with van der Waals surface area (Å²) in [5.41, 5.74) is -0.829. The number of rotatable bonds is 32. The first-order valence-electron chi connectivity index (χ1n) is 44.4. The molecule has 0 saturated carbocycles. The summed E-state index contributed by atoms with van der Waals surface area (Å²) >= 11 is 9.63. The fraction of sp³-hybridized carbons (Fsp3) is 0.975. The predicted molar refractivity (Wildman–Crippen MR) is 483 cm³/mol. The van der Waals surface area contributed by atoms with E-state index in [0.717, 1.165) is 14.2 Å². The Morgan fingerprint density at radius 2 is 0.831 bits per heavy atom. The lowest BCUT2D eigenvalue weighted by atomic mass is 10.0. The minimum absolute atomic E-state index is 0.0101. The molecule has 11 saturated heterocycles. The number of nitrogens with zero attached hydrogens (tertiary/aromatic N) is 1. The highest BCUT2D eigenvalue weighted by Gasteiger charge is 2.60. The summed E-state index contributed by atoms with van der Waals surface area (Å²) in [4.78, 5) is 55.0. The van der Waals surface area contributed by atoms with E-state index in [4.69, 9.17) is 202 Å². The number of fused-ring (bicyclic) bond motifs is 2. The molecular weight excluding hydrogens is 2050 g/mol. The molecule has 11 rings (SSSR count). The lowest BCUT2D eigenvalue weighted by Gasteiger charge is -2.31. The maximum absolute atomic E-state index is 12.7. The zero-order valence-corrected chi connectivity index (χ0v) is 87.8. The van der Waals surface area contributed by atoms with Gasteiger partial charge in [0.25, 0.3) is 0 Å². The molecule has 0 amide bonds. The summed E-state index contributed by atoms with van der Waals surface area (Å²) in [7, 11) is 0.644. The third-order valence-electron chi connectivity index (χ3n) is 22.3. The number of hydrogen-bond acceptors (Lipinski definition) is 56. The molecule has 848 valence electrons. The Morgan fingerprint density at radius 3 is 1.13 bits per heavy atom. The van der Waals surface area contributed by atoms with Crippen molar-refractivity contribution in [3.63, 3.8) is 0 Å². The second-order valence-corrected chi connectivity index (χ2v) is 43.8. The van der Waals surface area contributed by atoms with Crippen LogP contribution in [0.2, 0.25) is 0 Å². The molecule has 0 aromatic carbocycles. The van der Waals surface area contributed by atoms with E-state index in [9.17, 15) is 63.4 Å². The van der Waals surface area contributed by atoms with Gasteiger partial charge >= 0.3 is 19.9 Å². The van der Waals surface area contributed by atoms with Crippen molar-refractivity contribution >= 4 is 64.5 Å². The van der Waals surface area contributed by atoms with Crippen LogP contribution in [0.15, 0.2) is 0 Å². The van der Waals surface area contributed by atoms with E-state index < -0.39 is 211 Å². The molecule has 24 N–H and O–H groups in total. The fourth-order valence-electron chi connectivity index (χ4n) is 14.4. The highest BCUT2D eigenvalue weighted by Crippen LogP contribution is 2.49. The number of aliphatic hydroxyl groups is 22. The van der Waals surface area contributed by atoms with Gasteiger partial charge in [-0.1, -0.05) is 11.8 Å². The van der Waals surface area contributed by atoms with E-state index in [1.165, 1.54) is 46.9 Å². The molecule has 0 aromatic rings. The molecule has 0 radical (unpaired) electrons. The Bertz CT molecular complexity index is 3300. The molecule has 43 atom stereocenters. The molecule has 63 heteroatoms. The fourth-order valence-corrected chi connectivity index (χ4v) is 18.0. The van der Waals surface area contributed by atoms with E-state index >= 15 is 0 Å². The topological polar surface area (TPSA) is 832 Å². The van der Waals surface area contributed by atoms with Gasteiger partial charge in [-0.2, -0.15) is 24.2 Å². The molecule has 0 aromatic heterocycles. The normalized spacial score (nSPS) is 38.9. The lowest BCUT2D eigenvalue weighted by Crippen LogP contribution is -2.46. The van der Waals surface area contributed by atoms with E-state index in [1.54, 1.807) is 48.4 Å². The van der Waals surface area contributed by atoms with Crippen molar-refractivity contribution in [1.29, 1.82) is 0 Å². The van der Waals surface area contributed by atoms with Gasteiger partial charge in [0.15, 0.2) is 18.8 Å². The van der Waals surface area contributed by atoms with Crippen LogP contribution >= 0.6 is 28.6 Å². The van der Waals surface area contributed by atoms with Crippen molar-refractivity contribution in [2.75, 3.05) is 175 Å². The number of nitrogens with one attached hydrogen (secondary N) is 1. The summed E-state index contributed by atoms with van der Waals surface area (Å²) in [5.74, 6) is 0. The SMILES string of the molecule is CC1CN(O)CC(CO)O1.COCCO[C@H]1C(O)[C@@H](CO)O[C@H]1C.COP(=O)([O-])NC1[C@@H](CO)O[C@@H](C)[C@H]1O.COP(C)(=O)OC1[C@@H](CO)O[C@@H](C)[C@H]1O.COP(C)(=S)OC1[C@@H](CO)O[C@@H](C)[C@H]1O.COP([O-])(=S)OC1[C@@H](CO)O[C@@H](C)[C@H]1O.CO[C@H]1C(O)[C@@H](CO)O[C@H]1C.C[C@@H](CO)OC(CO)CO.C[C@@H]1O[C@@]2(CO)CO[C@H]1C2O.C[C@@H]1O[C@H](CO)C(O)[C@@H]1F.C[C@@H]1O[C@H](CO)C(O)[C@@H]1F.O=C=O.O=C=O. The van der Waals surface area contributed by atoms with Gasteiger partial charge in [0.1, 0.15) is 147 Å². The Hall–Kier alpha value is -1.58. The number of ether oxygens (including phenoxy) is 15. The van der Waals surface area contributed by atoms with Crippen molar-refractivity contribution < 1.29 is 267 Å². The molecule has 0 aliphatic carbocycles. The Balaban J connectivity index is 0. The van der Waals surface area contributed by atoms with Crippen LogP contribution in [0, 0.1) is 0 Å². The molecule has 2 bridgehead atoms. The van der Waals surface area contributed by atoms with Crippen LogP contribution in [0.3, 0.4) is 0 Å². The van der Waals surface area contributed by atoms with E-state index in [-0.39, 0.29) is 159 Å². The van der Waals surface area contributed by atoms with Crippen LogP contribution in [-0.4, -0.2) is 553 Å². The Morgan fingerprint density at radius 1 is 0.451 bits per heavy atom. The predicted octanol–water partition coefficient (Wildman–Crippen LogP) is -9.82. The molecule has 11 heterocycles. The minimum Gasteiger partial charge on any atom is -0.780 e. The first-order chi connectivity index (χ1) is 66.3. The van der Waals surface area contributed by atoms with Crippen LogP contribution < -0.4 is 14.9 Å². The van der Waals surface area contributed by atoms with E-state index in [2.05, 4.69) is 30.5 Å². The van der Waals surface area contributed by atoms with Crippen LogP contribution in [0.5, 0.6) is 0 Å². The van der Waals surface area contributed by atoms with Gasteiger partial charge in [-0.25, -0.2) is 13.9 Å². The van der Waals surface area contributed by atoms with Gasteiger partial charge in [0, 0.05) is 62.5 Å². The smallest absolute Gasteiger partial charge is 0.373 e. The number of alkyl halides is 2. The van der Waals surface area contributed by atoms with E-state index in [0.29, 0.717) is 32.9 Å². The second-order valence-electron chi connectivity index (χ2n) is 33.1. The van der Waals surface area contributed by atoms with Gasteiger partial charge in [-0.05, 0) is 88.0 Å². The third kappa shape index (κ3) is 48.0. The van der Waals surface area contributed by atoms with Crippen molar-refractivity contribution in [3.8, 4) is 0 Å². The highest BCUT2D eigenvalue weighted by molar-refractivity contribution is 8.09.